The summed E-state index contributed by atoms with van der Waals surface area (Å²) in [6.45, 7) is 9.05. The smallest absolute Gasteiger partial charge is 0.343 e. The summed E-state index contributed by atoms with van der Waals surface area (Å²) in [5.41, 5.74) is 2.70. The van der Waals surface area contributed by atoms with Crippen molar-refractivity contribution >= 4 is 23.9 Å². The summed E-state index contributed by atoms with van der Waals surface area (Å²) in [7, 11) is 0. The van der Waals surface area contributed by atoms with E-state index in [1.807, 2.05) is 24.3 Å². The minimum atomic E-state index is -0.475. The zero-order valence-corrected chi connectivity index (χ0v) is 33.8. The van der Waals surface area contributed by atoms with Gasteiger partial charge in [0, 0.05) is 12.2 Å². The number of hydrogen-bond donors (Lipinski definition) is 0. The van der Waals surface area contributed by atoms with Gasteiger partial charge in [-0.25, -0.2) is 19.2 Å². The first-order valence-corrected chi connectivity index (χ1v) is 20.2. The molecule has 12 heteroatoms. The average molecular weight is 821 g/mol. The van der Waals surface area contributed by atoms with Crippen molar-refractivity contribution in [3.05, 3.63) is 145 Å². The molecular weight excluding hydrogens is 769 g/mol. The molecule has 0 radical (unpaired) electrons. The van der Waals surface area contributed by atoms with Gasteiger partial charge in [-0.15, -0.1) is 0 Å². The molecule has 60 heavy (non-hydrogen) atoms. The lowest BCUT2D eigenvalue weighted by Gasteiger charge is -2.31. The lowest BCUT2D eigenvalue weighted by molar-refractivity contribution is -0.138. The number of carbonyl (C=O) groups excluding carboxylic acids is 4. The van der Waals surface area contributed by atoms with Crippen LogP contribution in [-0.2, 0) is 41.8 Å². The van der Waals surface area contributed by atoms with Crippen LogP contribution in [0.5, 0.6) is 23.0 Å². The number of carbonyl (C=O) groups is 4. The lowest BCUT2D eigenvalue weighted by atomic mass is 9.94. The Morgan fingerprint density at radius 1 is 0.483 bits per heavy atom. The van der Waals surface area contributed by atoms with Crippen molar-refractivity contribution in [2.75, 3.05) is 26.4 Å². The van der Waals surface area contributed by atoms with Gasteiger partial charge < -0.3 is 37.9 Å². The number of hydrogen-bond acceptors (Lipinski definition) is 12. The summed E-state index contributed by atoms with van der Waals surface area (Å²) < 4.78 is 45.1. The summed E-state index contributed by atoms with van der Waals surface area (Å²) in [6, 6.07) is 28.0. The van der Waals surface area contributed by atoms with Gasteiger partial charge in [0.2, 0.25) is 0 Å². The Morgan fingerprint density at radius 2 is 0.833 bits per heavy atom. The molecule has 0 unspecified atom stereocenters. The molecule has 0 amide bonds. The van der Waals surface area contributed by atoms with E-state index in [4.69, 9.17) is 37.9 Å². The summed E-state index contributed by atoms with van der Waals surface area (Å²) in [6.07, 6.45) is 8.84. The van der Waals surface area contributed by atoms with Gasteiger partial charge in [-0.3, -0.25) is 0 Å². The van der Waals surface area contributed by atoms with Gasteiger partial charge in [-0.1, -0.05) is 50.3 Å². The maximum Gasteiger partial charge on any atom is 0.343 e. The molecule has 1 fully saturated rings. The van der Waals surface area contributed by atoms with Crippen molar-refractivity contribution in [2.45, 2.75) is 76.8 Å². The van der Waals surface area contributed by atoms with Gasteiger partial charge in [0.1, 0.15) is 23.0 Å². The van der Waals surface area contributed by atoms with Crippen LogP contribution in [0.15, 0.2) is 122 Å². The zero-order valence-electron chi connectivity index (χ0n) is 33.8. The van der Waals surface area contributed by atoms with Crippen molar-refractivity contribution in [2.24, 2.45) is 0 Å². The van der Waals surface area contributed by atoms with E-state index in [0.717, 1.165) is 49.0 Å². The molecule has 4 aromatic carbocycles. The van der Waals surface area contributed by atoms with E-state index in [1.54, 1.807) is 72.8 Å². The third-order valence-electron chi connectivity index (χ3n) is 9.45. The Labute approximate surface area is 351 Å². The molecular formula is C48H52O12. The summed E-state index contributed by atoms with van der Waals surface area (Å²) in [4.78, 5) is 47.7. The minimum absolute atomic E-state index is 0.0591. The molecule has 1 aliphatic carbocycles. The Hall–Kier alpha value is -6.24. The van der Waals surface area contributed by atoms with E-state index in [0.29, 0.717) is 99.4 Å². The standard InChI is InChI=1S/C48H52O12/c1-3-45(49)55-31-9-7-29-53-39-25-17-37(18-26-39)47(51)59-41-21-13-35(14-22-41)33-57-43-11-5-6-12-44(43)58-34-36-15-23-42(24-16-36)60-48(52)38-19-27-40(28-20-38)54-30-8-10-32-56-46(50)4-2/h3-4,13-28,43-44H,1-2,5-12,29-34H2/t43-,44-/m1/s1. The number of unbranched alkanes of at least 4 members (excludes halogenated alkanes) is 2. The summed E-state index contributed by atoms with van der Waals surface area (Å²) in [5, 5.41) is 0. The molecule has 0 spiro atoms. The van der Waals surface area contributed by atoms with Crippen LogP contribution in [-0.4, -0.2) is 62.5 Å². The first-order chi connectivity index (χ1) is 29.3. The highest BCUT2D eigenvalue weighted by atomic mass is 16.6. The minimum Gasteiger partial charge on any atom is -0.494 e. The lowest BCUT2D eigenvalue weighted by Crippen LogP contribution is -2.34. The molecule has 4 aromatic rings. The fourth-order valence-electron chi connectivity index (χ4n) is 6.12. The molecule has 1 aliphatic rings. The van der Waals surface area contributed by atoms with Gasteiger partial charge >= 0.3 is 23.9 Å². The largest absolute Gasteiger partial charge is 0.494 e. The molecule has 316 valence electrons. The number of ether oxygens (including phenoxy) is 8. The Kier molecular flexibility index (Phi) is 18.4. The topological polar surface area (TPSA) is 142 Å². The van der Waals surface area contributed by atoms with Crippen molar-refractivity contribution in [1.29, 1.82) is 0 Å². The Morgan fingerprint density at radius 3 is 1.20 bits per heavy atom. The SMILES string of the molecule is C=CC(=O)OCCCCOc1ccc(C(=O)Oc2ccc(CO[C@@H]3CCCC[C@H]3OCc3ccc(OC(=O)c4ccc(OCCCCOC(=O)C=C)cc4)cc3)cc2)cc1. The van der Waals surface area contributed by atoms with E-state index < -0.39 is 23.9 Å². The van der Waals surface area contributed by atoms with Crippen LogP contribution in [0.25, 0.3) is 0 Å². The Bertz CT molecular complexity index is 1830. The molecule has 1 saturated carbocycles. The fraction of sp³-hybridized carbons (Fsp3) is 0.333. The van der Waals surface area contributed by atoms with Crippen LogP contribution in [0.4, 0.5) is 0 Å². The van der Waals surface area contributed by atoms with Crippen LogP contribution in [0.3, 0.4) is 0 Å². The molecule has 0 saturated heterocycles. The van der Waals surface area contributed by atoms with Gasteiger partial charge in [-0.2, -0.15) is 0 Å². The number of benzene rings is 4. The van der Waals surface area contributed by atoms with Crippen molar-refractivity contribution in [1.82, 2.24) is 0 Å². The quantitative estimate of drug-likeness (QED) is 0.0288. The van der Waals surface area contributed by atoms with Crippen LogP contribution in [0, 0.1) is 0 Å². The van der Waals surface area contributed by atoms with E-state index in [-0.39, 0.29) is 12.2 Å². The molecule has 12 nitrogen and oxygen atoms in total. The van der Waals surface area contributed by atoms with Gasteiger partial charge in [0.15, 0.2) is 0 Å². The summed E-state index contributed by atoms with van der Waals surface area (Å²) >= 11 is 0. The van der Waals surface area contributed by atoms with Crippen molar-refractivity contribution in [3.63, 3.8) is 0 Å². The van der Waals surface area contributed by atoms with Crippen LogP contribution < -0.4 is 18.9 Å². The maximum atomic E-state index is 12.8. The number of rotatable bonds is 24. The predicted molar refractivity (Wildman–Crippen MR) is 223 cm³/mol. The molecule has 0 N–H and O–H groups in total. The third kappa shape index (κ3) is 15.5. The predicted octanol–water partition coefficient (Wildman–Crippen LogP) is 8.95. The molecule has 2 atom stereocenters. The van der Waals surface area contributed by atoms with Gasteiger partial charge in [0.25, 0.3) is 0 Å². The molecule has 0 aromatic heterocycles. The van der Waals surface area contributed by atoms with Gasteiger partial charge in [0.05, 0.1) is 63.0 Å². The first kappa shape index (κ1) is 44.9. The number of esters is 4. The van der Waals surface area contributed by atoms with Crippen molar-refractivity contribution < 1.29 is 57.1 Å². The normalized spacial score (nSPS) is 14.6. The maximum absolute atomic E-state index is 12.8. The van der Waals surface area contributed by atoms with Crippen LogP contribution in [0.2, 0.25) is 0 Å². The molecule has 0 heterocycles. The molecule has 0 bridgehead atoms. The van der Waals surface area contributed by atoms with Crippen LogP contribution >= 0.6 is 0 Å². The van der Waals surface area contributed by atoms with E-state index in [9.17, 15) is 19.2 Å². The highest BCUT2D eigenvalue weighted by molar-refractivity contribution is 5.91. The highest BCUT2D eigenvalue weighted by Crippen LogP contribution is 2.27. The molecule has 0 aliphatic heterocycles. The summed E-state index contributed by atoms with van der Waals surface area (Å²) in [5.74, 6) is 0.279. The second kappa shape index (κ2) is 24.6. The van der Waals surface area contributed by atoms with Crippen molar-refractivity contribution in [3.8, 4) is 23.0 Å². The first-order valence-electron chi connectivity index (χ1n) is 20.2. The average Bonchev–Trinajstić information content (AvgIpc) is 3.28. The fourth-order valence-corrected chi connectivity index (χ4v) is 6.12. The van der Waals surface area contributed by atoms with E-state index in [1.165, 1.54) is 0 Å². The van der Waals surface area contributed by atoms with Crippen LogP contribution in [0.1, 0.15) is 83.2 Å². The molecule has 5 rings (SSSR count). The van der Waals surface area contributed by atoms with E-state index in [2.05, 4.69) is 13.2 Å². The highest BCUT2D eigenvalue weighted by Gasteiger charge is 2.27. The second-order valence-corrected chi connectivity index (χ2v) is 14.0. The van der Waals surface area contributed by atoms with Gasteiger partial charge in [-0.05, 0) is 122 Å². The third-order valence-corrected chi connectivity index (χ3v) is 9.45. The second-order valence-electron chi connectivity index (χ2n) is 14.0. The zero-order chi connectivity index (χ0) is 42.4. The Balaban J connectivity index is 0.985. The monoisotopic (exact) mass is 820 g/mol. The van der Waals surface area contributed by atoms with E-state index >= 15 is 0 Å².